The van der Waals surface area contributed by atoms with Crippen LogP contribution in [0, 0.1) is 0 Å². The molecule has 0 fully saturated rings. The van der Waals surface area contributed by atoms with E-state index < -0.39 is 11.6 Å². The molecule has 0 unspecified atom stereocenters. The third kappa shape index (κ3) is 3.35. The molecule has 0 aliphatic rings. The Kier molecular flexibility index (Phi) is 5.12. The molecule has 130 valence electrons. The molecule has 0 saturated heterocycles. The van der Waals surface area contributed by atoms with Crippen LogP contribution in [0.25, 0.3) is 0 Å². The van der Waals surface area contributed by atoms with Crippen molar-refractivity contribution in [1.82, 2.24) is 0 Å². The van der Waals surface area contributed by atoms with Gasteiger partial charge in [0.15, 0.2) is 0 Å². The zero-order valence-corrected chi connectivity index (χ0v) is 14.9. The first kappa shape index (κ1) is 18.6. The standard InChI is InChI=1S/C21H25F3/c1-14(2)16-6-10-18(11-7-16)20(5,21(22,23)24)19-12-8-17(9-13-19)15(3)4/h6-15H,1-5H3. The summed E-state index contributed by atoms with van der Waals surface area (Å²) in [4.78, 5) is 0. The third-order valence-electron chi connectivity index (χ3n) is 4.88. The molecular formula is C21H25F3. The van der Waals surface area contributed by atoms with E-state index in [1.54, 1.807) is 48.5 Å². The van der Waals surface area contributed by atoms with E-state index in [9.17, 15) is 13.2 Å². The molecule has 0 spiro atoms. The fourth-order valence-electron chi connectivity index (χ4n) is 2.90. The fraction of sp³-hybridized carbons (Fsp3) is 0.429. The Morgan fingerprint density at radius 2 is 0.917 bits per heavy atom. The van der Waals surface area contributed by atoms with E-state index in [1.807, 2.05) is 27.7 Å². The van der Waals surface area contributed by atoms with Gasteiger partial charge < -0.3 is 0 Å². The van der Waals surface area contributed by atoms with Crippen molar-refractivity contribution in [2.45, 2.75) is 58.0 Å². The van der Waals surface area contributed by atoms with Crippen molar-refractivity contribution >= 4 is 0 Å². The van der Waals surface area contributed by atoms with E-state index in [1.165, 1.54) is 6.92 Å². The second-order valence-corrected chi connectivity index (χ2v) is 7.18. The Balaban J connectivity index is 2.54. The summed E-state index contributed by atoms with van der Waals surface area (Å²) in [6.45, 7) is 9.39. The van der Waals surface area contributed by atoms with Gasteiger partial charge in [0.1, 0.15) is 5.41 Å². The highest BCUT2D eigenvalue weighted by atomic mass is 19.4. The van der Waals surface area contributed by atoms with Gasteiger partial charge >= 0.3 is 6.18 Å². The van der Waals surface area contributed by atoms with E-state index in [2.05, 4.69) is 0 Å². The first-order valence-electron chi connectivity index (χ1n) is 8.35. The normalized spacial score (nSPS) is 12.9. The van der Waals surface area contributed by atoms with Gasteiger partial charge in [0.2, 0.25) is 0 Å². The molecule has 3 heteroatoms. The van der Waals surface area contributed by atoms with E-state index in [-0.39, 0.29) is 11.1 Å². The van der Waals surface area contributed by atoms with Crippen LogP contribution < -0.4 is 0 Å². The van der Waals surface area contributed by atoms with Crippen LogP contribution in [-0.4, -0.2) is 6.18 Å². The van der Waals surface area contributed by atoms with E-state index in [0.29, 0.717) is 11.8 Å². The summed E-state index contributed by atoms with van der Waals surface area (Å²) in [6, 6.07) is 13.6. The molecule has 2 aromatic carbocycles. The molecule has 24 heavy (non-hydrogen) atoms. The second kappa shape index (κ2) is 6.62. The zero-order valence-electron chi connectivity index (χ0n) is 14.9. The lowest BCUT2D eigenvalue weighted by molar-refractivity contribution is -0.173. The molecule has 0 radical (unpaired) electrons. The molecule has 0 heterocycles. The SMILES string of the molecule is CC(C)c1ccc(C(C)(c2ccc(C(C)C)cc2)C(F)(F)F)cc1. The Morgan fingerprint density at radius 1 is 0.625 bits per heavy atom. The Hall–Kier alpha value is -1.77. The molecule has 0 N–H and O–H groups in total. The lowest BCUT2D eigenvalue weighted by Crippen LogP contribution is -2.40. The van der Waals surface area contributed by atoms with Crippen LogP contribution in [0.1, 0.15) is 68.7 Å². The monoisotopic (exact) mass is 334 g/mol. The smallest absolute Gasteiger partial charge is 0.170 e. The predicted octanol–water partition coefficient (Wildman–Crippen LogP) is 6.80. The molecule has 0 nitrogen and oxygen atoms in total. The first-order chi connectivity index (χ1) is 11.1. The lowest BCUT2D eigenvalue weighted by Gasteiger charge is -2.33. The summed E-state index contributed by atoms with van der Waals surface area (Å²) in [5, 5.41) is 0. The Bertz CT molecular complexity index is 610. The van der Waals surface area contributed by atoms with E-state index in [0.717, 1.165) is 11.1 Å². The summed E-state index contributed by atoms with van der Waals surface area (Å²) < 4.78 is 42.0. The number of benzene rings is 2. The topological polar surface area (TPSA) is 0 Å². The average Bonchev–Trinajstić information content (AvgIpc) is 2.53. The van der Waals surface area contributed by atoms with Crippen molar-refractivity contribution in [2.75, 3.05) is 0 Å². The fourth-order valence-corrected chi connectivity index (χ4v) is 2.90. The Morgan fingerprint density at radius 3 is 1.12 bits per heavy atom. The molecule has 2 aromatic rings. The van der Waals surface area contributed by atoms with Gasteiger partial charge in [0, 0.05) is 0 Å². The van der Waals surface area contributed by atoms with Crippen LogP contribution in [0.4, 0.5) is 13.2 Å². The van der Waals surface area contributed by atoms with Gasteiger partial charge in [-0.3, -0.25) is 0 Å². The van der Waals surface area contributed by atoms with Crippen LogP contribution in [0.15, 0.2) is 48.5 Å². The molecule has 0 bridgehead atoms. The van der Waals surface area contributed by atoms with Crippen molar-refractivity contribution in [3.05, 3.63) is 70.8 Å². The second-order valence-electron chi connectivity index (χ2n) is 7.18. The van der Waals surface area contributed by atoms with Gasteiger partial charge in [0.05, 0.1) is 0 Å². The highest BCUT2D eigenvalue weighted by molar-refractivity contribution is 5.43. The van der Waals surface area contributed by atoms with Gasteiger partial charge in [-0.05, 0) is 41.0 Å². The first-order valence-corrected chi connectivity index (χ1v) is 8.35. The minimum absolute atomic E-state index is 0.275. The molecule has 0 aliphatic heterocycles. The maximum absolute atomic E-state index is 14.0. The van der Waals surface area contributed by atoms with Gasteiger partial charge in [-0.2, -0.15) is 13.2 Å². The van der Waals surface area contributed by atoms with Gasteiger partial charge in [-0.15, -0.1) is 0 Å². The number of hydrogen-bond donors (Lipinski definition) is 0. The minimum Gasteiger partial charge on any atom is -0.170 e. The van der Waals surface area contributed by atoms with Crippen molar-refractivity contribution in [1.29, 1.82) is 0 Å². The van der Waals surface area contributed by atoms with Crippen LogP contribution in [-0.2, 0) is 5.41 Å². The molecule has 0 amide bonds. The maximum atomic E-state index is 14.0. The molecule has 0 atom stereocenters. The number of hydrogen-bond acceptors (Lipinski definition) is 0. The van der Waals surface area contributed by atoms with Gasteiger partial charge in [-0.1, -0.05) is 76.2 Å². The predicted molar refractivity (Wildman–Crippen MR) is 93.6 cm³/mol. The van der Waals surface area contributed by atoms with E-state index in [4.69, 9.17) is 0 Å². The lowest BCUT2D eigenvalue weighted by atomic mass is 9.74. The van der Waals surface area contributed by atoms with Crippen molar-refractivity contribution in [3.63, 3.8) is 0 Å². The maximum Gasteiger partial charge on any atom is 0.402 e. The molecular weight excluding hydrogens is 309 g/mol. The summed E-state index contributed by atoms with van der Waals surface area (Å²) in [6.07, 6.45) is -4.37. The highest BCUT2D eigenvalue weighted by Crippen LogP contribution is 2.46. The summed E-state index contributed by atoms with van der Waals surface area (Å²) in [5.74, 6) is 0.586. The minimum atomic E-state index is -4.37. The van der Waals surface area contributed by atoms with Gasteiger partial charge in [0.25, 0.3) is 0 Å². The largest absolute Gasteiger partial charge is 0.402 e. The van der Waals surface area contributed by atoms with Crippen LogP contribution in [0.2, 0.25) is 0 Å². The number of rotatable bonds is 4. The average molecular weight is 334 g/mol. The van der Waals surface area contributed by atoms with Crippen molar-refractivity contribution in [2.24, 2.45) is 0 Å². The van der Waals surface area contributed by atoms with Crippen LogP contribution >= 0.6 is 0 Å². The van der Waals surface area contributed by atoms with Crippen molar-refractivity contribution < 1.29 is 13.2 Å². The highest BCUT2D eigenvalue weighted by Gasteiger charge is 2.53. The van der Waals surface area contributed by atoms with Crippen LogP contribution in [0.3, 0.4) is 0 Å². The molecule has 0 aliphatic carbocycles. The molecule has 0 aromatic heterocycles. The Labute approximate surface area is 142 Å². The van der Waals surface area contributed by atoms with Crippen LogP contribution in [0.5, 0.6) is 0 Å². The third-order valence-corrected chi connectivity index (χ3v) is 4.88. The summed E-state index contributed by atoms with van der Waals surface area (Å²) in [5.41, 5.74) is 0.614. The van der Waals surface area contributed by atoms with E-state index >= 15 is 0 Å². The quantitative estimate of drug-likeness (QED) is 0.576. The number of halogens is 3. The number of alkyl halides is 3. The van der Waals surface area contributed by atoms with Crippen molar-refractivity contribution in [3.8, 4) is 0 Å². The molecule has 0 saturated carbocycles. The van der Waals surface area contributed by atoms with Gasteiger partial charge in [-0.25, -0.2) is 0 Å². The molecule has 2 rings (SSSR count). The summed E-state index contributed by atoms with van der Waals surface area (Å²) in [7, 11) is 0. The summed E-state index contributed by atoms with van der Waals surface area (Å²) >= 11 is 0. The zero-order chi connectivity index (χ0) is 18.1.